The van der Waals surface area contributed by atoms with Gasteiger partial charge in [0.15, 0.2) is 6.61 Å². The molecule has 0 unspecified atom stereocenters. The van der Waals surface area contributed by atoms with Crippen LogP contribution in [0.3, 0.4) is 0 Å². The molecule has 1 N–H and O–H groups in total. The molecule has 8 nitrogen and oxygen atoms in total. The first-order chi connectivity index (χ1) is 12.5. The second-order valence-electron chi connectivity index (χ2n) is 5.85. The molecule has 0 radical (unpaired) electrons. The molecule has 134 valence electrons. The first kappa shape index (κ1) is 17.4. The van der Waals surface area contributed by atoms with Crippen LogP contribution in [0.2, 0.25) is 0 Å². The summed E-state index contributed by atoms with van der Waals surface area (Å²) in [6.45, 7) is 0.114. The highest BCUT2D eigenvalue weighted by atomic mass is 16.6. The van der Waals surface area contributed by atoms with Crippen LogP contribution < -0.4 is 15.0 Å². The third-order valence-electron chi connectivity index (χ3n) is 3.96. The zero-order valence-corrected chi connectivity index (χ0v) is 13.8. The van der Waals surface area contributed by atoms with Crippen molar-refractivity contribution in [3.8, 4) is 5.75 Å². The van der Waals surface area contributed by atoms with Crippen molar-refractivity contribution in [2.45, 2.75) is 12.5 Å². The third-order valence-corrected chi connectivity index (χ3v) is 3.96. The van der Waals surface area contributed by atoms with Crippen LogP contribution in [-0.4, -0.2) is 35.9 Å². The SMILES string of the molecule is O=C(COc1cccc([N+](=O)[O-])c1)N[C@H]1CC(=O)N(c2ccccc2)C1. The molecular formula is C18H17N3O5. The minimum absolute atomic E-state index is 0.0545. The molecule has 26 heavy (non-hydrogen) atoms. The lowest BCUT2D eigenvalue weighted by atomic mass is 10.2. The Kier molecular flexibility index (Phi) is 5.12. The van der Waals surface area contributed by atoms with E-state index < -0.39 is 4.92 Å². The fraction of sp³-hybridized carbons (Fsp3) is 0.222. The van der Waals surface area contributed by atoms with E-state index in [1.54, 1.807) is 4.90 Å². The quantitative estimate of drug-likeness (QED) is 0.630. The van der Waals surface area contributed by atoms with Crippen LogP contribution in [-0.2, 0) is 9.59 Å². The molecule has 2 amide bonds. The number of ether oxygens (including phenoxy) is 1. The number of non-ortho nitro benzene ring substituents is 1. The largest absolute Gasteiger partial charge is 0.484 e. The molecule has 1 heterocycles. The molecule has 2 aromatic rings. The topological polar surface area (TPSA) is 102 Å². The summed E-state index contributed by atoms with van der Waals surface area (Å²) in [5, 5.41) is 13.5. The maximum atomic E-state index is 12.1. The predicted molar refractivity (Wildman–Crippen MR) is 93.9 cm³/mol. The first-order valence-electron chi connectivity index (χ1n) is 8.05. The minimum atomic E-state index is -0.533. The van der Waals surface area contributed by atoms with E-state index in [9.17, 15) is 19.7 Å². The van der Waals surface area contributed by atoms with Crippen molar-refractivity contribution >= 4 is 23.2 Å². The average molecular weight is 355 g/mol. The molecular weight excluding hydrogens is 338 g/mol. The van der Waals surface area contributed by atoms with Crippen LogP contribution in [0, 0.1) is 10.1 Å². The molecule has 2 aromatic carbocycles. The molecule has 0 saturated carbocycles. The number of hydrogen-bond donors (Lipinski definition) is 1. The summed E-state index contributed by atoms with van der Waals surface area (Å²) < 4.78 is 5.29. The zero-order valence-electron chi connectivity index (χ0n) is 13.8. The summed E-state index contributed by atoms with van der Waals surface area (Å²) in [5.74, 6) is -0.201. The Bertz CT molecular complexity index is 825. The van der Waals surface area contributed by atoms with Gasteiger partial charge in [0.05, 0.1) is 17.0 Å². The molecule has 1 aliphatic heterocycles. The van der Waals surface area contributed by atoms with Crippen molar-refractivity contribution in [2.75, 3.05) is 18.1 Å². The Morgan fingerprint density at radius 3 is 2.73 bits per heavy atom. The number of nitro groups is 1. The van der Waals surface area contributed by atoms with Gasteiger partial charge in [0.2, 0.25) is 5.91 Å². The van der Waals surface area contributed by atoms with Crippen molar-refractivity contribution in [1.82, 2.24) is 5.32 Å². The van der Waals surface area contributed by atoms with E-state index in [0.717, 1.165) is 5.69 Å². The lowest BCUT2D eigenvalue weighted by Gasteiger charge is -2.17. The molecule has 0 spiro atoms. The van der Waals surface area contributed by atoms with Gasteiger partial charge in [-0.15, -0.1) is 0 Å². The maximum Gasteiger partial charge on any atom is 0.273 e. The highest BCUT2D eigenvalue weighted by Gasteiger charge is 2.31. The standard InChI is InChI=1S/C18H17N3O5/c22-17(12-26-16-8-4-7-15(10-16)21(24)25)19-13-9-18(23)20(11-13)14-5-2-1-3-6-14/h1-8,10,13H,9,11-12H2,(H,19,22)/t13-/m0/s1. The number of carbonyl (C=O) groups excluding carboxylic acids is 2. The Hall–Kier alpha value is -3.42. The van der Waals surface area contributed by atoms with Crippen LogP contribution in [0.25, 0.3) is 0 Å². The predicted octanol–water partition coefficient (Wildman–Crippen LogP) is 1.90. The normalized spacial score (nSPS) is 16.4. The van der Waals surface area contributed by atoms with Gasteiger partial charge < -0.3 is 15.0 Å². The van der Waals surface area contributed by atoms with Crippen LogP contribution >= 0.6 is 0 Å². The minimum Gasteiger partial charge on any atom is -0.484 e. The highest BCUT2D eigenvalue weighted by Crippen LogP contribution is 2.21. The molecule has 1 fully saturated rings. The molecule has 0 bridgehead atoms. The summed E-state index contributed by atoms with van der Waals surface area (Å²) in [7, 11) is 0. The van der Waals surface area contributed by atoms with Crippen LogP contribution in [0.5, 0.6) is 5.75 Å². The fourth-order valence-corrected chi connectivity index (χ4v) is 2.77. The number of hydrogen-bond acceptors (Lipinski definition) is 5. The maximum absolute atomic E-state index is 12.1. The monoisotopic (exact) mass is 355 g/mol. The van der Waals surface area contributed by atoms with Crippen molar-refractivity contribution in [1.29, 1.82) is 0 Å². The summed E-state index contributed by atoms with van der Waals surface area (Å²) >= 11 is 0. The number of rotatable bonds is 6. The zero-order chi connectivity index (χ0) is 18.5. The summed E-state index contributed by atoms with van der Waals surface area (Å²) in [4.78, 5) is 36.0. The van der Waals surface area contributed by atoms with E-state index in [1.165, 1.54) is 24.3 Å². The smallest absolute Gasteiger partial charge is 0.273 e. The lowest BCUT2D eigenvalue weighted by molar-refractivity contribution is -0.384. The molecule has 1 atom stereocenters. The number of nitrogens with one attached hydrogen (secondary N) is 1. The first-order valence-corrected chi connectivity index (χ1v) is 8.05. The lowest BCUT2D eigenvalue weighted by Crippen LogP contribution is -2.39. The summed E-state index contributed by atoms with van der Waals surface area (Å²) in [6.07, 6.45) is 0.220. The van der Waals surface area contributed by atoms with Crippen LogP contribution in [0.4, 0.5) is 11.4 Å². The number of nitro benzene ring substituents is 1. The van der Waals surface area contributed by atoms with Crippen molar-refractivity contribution < 1.29 is 19.2 Å². The van der Waals surface area contributed by atoms with Crippen molar-refractivity contribution in [3.05, 3.63) is 64.7 Å². The van der Waals surface area contributed by atoms with Gasteiger partial charge >= 0.3 is 0 Å². The second-order valence-corrected chi connectivity index (χ2v) is 5.85. The second kappa shape index (κ2) is 7.64. The highest BCUT2D eigenvalue weighted by molar-refractivity contribution is 5.96. The van der Waals surface area contributed by atoms with E-state index in [4.69, 9.17) is 4.74 Å². The fourth-order valence-electron chi connectivity index (χ4n) is 2.77. The number of benzene rings is 2. The molecule has 1 saturated heterocycles. The van der Waals surface area contributed by atoms with Gasteiger partial charge in [0.25, 0.3) is 11.6 Å². The Morgan fingerprint density at radius 2 is 2.00 bits per heavy atom. The van der Waals surface area contributed by atoms with E-state index >= 15 is 0 Å². The molecule has 8 heteroatoms. The Morgan fingerprint density at radius 1 is 1.23 bits per heavy atom. The number of carbonyl (C=O) groups is 2. The molecule has 1 aliphatic rings. The van der Waals surface area contributed by atoms with E-state index in [2.05, 4.69) is 5.32 Å². The molecule has 3 rings (SSSR count). The number of para-hydroxylation sites is 1. The van der Waals surface area contributed by atoms with E-state index in [1.807, 2.05) is 30.3 Å². The third kappa shape index (κ3) is 4.15. The summed E-state index contributed by atoms with van der Waals surface area (Å²) in [5.41, 5.74) is 0.685. The Balaban J connectivity index is 1.52. The van der Waals surface area contributed by atoms with Gasteiger partial charge in [-0.25, -0.2) is 0 Å². The number of amides is 2. The van der Waals surface area contributed by atoms with E-state index in [0.29, 0.717) is 6.54 Å². The van der Waals surface area contributed by atoms with Crippen molar-refractivity contribution in [2.24, 2.45) is 0 Å². The molecule has 0 aliphatic carbocycles. The van der Waals surface area contributed by atoms with Crippen LogP contribution in [0.1, 0.15) is 6.42 Å². The number of anilines is 1. The van der Waals surface area contributed by atoms with Gasteiger partial charge in [-0.3, -0.25) is 19.7 Å². The van der Waals surface area contributed by atoms with Gasteiger partial charge in [-0.1, -0.05) is 24.3 Å². The number of nitrogens with zero attached hydrogens (tertiary/aromatic N) is 2. The average Bonchev–Trinajstić information content (AvgIpc) is 3.01. The van der Waals surface area contributed by atoms with Gasteiger partial charge in [-0.2, -0.15) is 0 Å². The van der Waals surface area contributed by atoms with Gasteiger partial charge in [-0.05, 0) is 18.2 Å². The van der Waals surface area contributed by atoms with Gasteiger partial charge in [0, 0.05) is 24.7 Å². The molecule has 0 aromatic heterocycles. The van der Waals surface area contributed by atoms with Crippen molar-refractivity contribution in [3.63, 3.8) is 0 Å². The van der Waals surface area contributed by atoms with Gasteiger partial charge in [0.1, 0.15) is 5.75 Å². The Labute approximate surface area is 149 Å². The van der Waals surface area contributed by atoms with E-state index in [-0.39, 0.29) is 42.3 Å². The summed E-state index contributed by atoms with van der Waals surface area (Å²) in [6, 6.07) is 14.6. The van der Waals surface area contributed by atoms with Crippen LogP contribution in [0.15, 0.2) is 54.6 Å².